The van der Waals surface area contributed by atoms with Gasteiger partial charge in [0.25, 0.3) is 5.91 Å². The summed E-state index contributed by atoms with van der Waals surface area (Å²) in [7, 11) is 0. The number of hydrogen-bond acceptors (Lipinski definition) is 1. The second-order valence-electron chi connectivity index (χ2n) is 5.93. The van der Waals surface area contributed by atoms with E-state index in [2.05, 4.69) is 6.58 Å². The summed E-state index contributed by atoms with van der Waals surface area (Å²) in [4.78, 5) is 14.7. The van der Waals surface area contributed by atoms with Crippen LogP contribution in [0.25, 0.3) is 0 Å². The van der Waals surface area contributed by atoms with Gasteiger partial charge in [0, 0.05) is 18.0 Å². The molecule has 24 heavy (non-hydrogen) atoms. The number of benzene rings is 2. The van der Waals surface area contributed by atoms with E-state index in [1.54, 1.807) is 0 Å². The molecule has 124 valence electrons. The predicted molar refractivity (Wildman–Crippen MR) is 99.9 cm³/mol. The summed E-state index contributed by atoms with van der Waals surface area (Å²) in [6.45, 7) is 6.57. The average molecular weight is 360 g/mol. The van der Waals surface area contributed by atoms with E-state index in [0.29, 0.717) is 16.6 Å². The quantitative estimate of drug-likeness (QED) is 0.611. The van der Waals surface area contributed by atoms with Gasteiger partial charge in [0.1, 0.15) is 0 Å². The maximum Gasteiger partial charge on any atom is 0.254 e. The first-order valence-electron chi connectivity index (χ1n) is 8.04. The molecule has 2 atom stereocenters. The summed E-state index contributed by atoms with van der Waals surface area (Å²) >= 11 is 12.3. The molecule has 0 saturated carbocycles. The number of halogens is 2. The van der Waals surface area contributed by atoms with E-state index in [9.17, 15) is 4.79 Å². The van der Waals surface area contributed by atoms with Crippen LogP contribution >= 0.6 is 23.2 Å². The minimum Gasteiger partial charge on any atom is -0.331 e. The normalized spacial score (nSPS) is 17.7. The Morgan fingerprint density at radius 1 is 1.21 bits per heavy atom. The molecule has 0 saturated heterocycles. The van der Waals surface area contributed by atoms with E-state index < -0.39 is 0 Å². The summed E-state index contributed by atoms with van der Waals surface area (Å²) in [6, 6.07) is 13.5. The van der Waals surface area contributed by atoms with Crippen molar-refractivity contribution in [1.82, 2.24) is 4.90 Å². The molecule has 4 heteroatoms. The number of carbonyl (C=O) groups is 1. The summed E-state index contributed by atoms with van der Waals surface area (Å²) < 4.78 is 0. The largest absolute Gasteiger partial charge is 0.331 e. The van der Waals surface area contributed by atoms with Gasteiger partial charge in [0.05, 0.1) is 16.1 Å². The molecular formula is C20H19Cl2NO. The van der Waals surface area contributed by atoms with Crippen LogP contribution in [0.15, 0.2) is 55.1 Å². The van der Waals surface area contributed by atoms with Gasteiger partial charge in [-0.1, -0.05) is 53.5 Å². The first kappa shape index (κ1) is 17.1. The zero-order valence-corrected chi connectivity index (χ0v) is 15.0. The Bertz CT molecular complexity index is 787. The molecule has 2 aromatic carbocycles. The number of likely N-dealkylation sites (N-methyl/N-ethyl adjacent to an activating group) is 1. The van der Waals surface area contributed by atoms with Gasteiger partial charge < -0.3 is 4.90 Å². The fourth-order valence-corrected chi connectivity index (χ4v) is 3.85. The average Bonchev–Trinajstić information content (AvgIpc) is 2.88. The van der Waals surface area contributed by atoms with Crippen LogP contribution in [0, 0.1) is 0 Å². The molecule has 2 aromatic rings. The monoisotopic (exact) mass is 359 g/mol. The van der Waals surface area contributed by atoms with Crippen molar-refractivity contribution in [1.29, 1.82) is 0 Å². The third kappa shape index (κ3) is 2.85. The number of nitrogens with zero attached hydrogens (tertiary/aromatic N) is 1. The van der Waals surface area contributed by atoms with Crippen LogP contribution in [0.2, 0.25) is 10.0 Å². The third-order valence-electron chi connectivity index (χ3n) is 4.62. The molecule has 0 radical (unpaired) electrons. The molecule has 2 nitrogen and oxygen atoms in total. The number of carbonyl (C=O) groups excluding carboxylic acids is 1. The lowest BCUT2D eigenvalue weighted by molar-refractivity contribution is 0.0713. The molecule has 0 N–H and O–H groups in total. The lowest BCUT2D eigenvalue weighted by atomic mass is 9.84. The Balaban J connectivity index is 2.11. The minimum atomic E-state index is -0.0195. The summed E-state index contributed by atoms with van der Waals surface area (Å²) in [5, 5.41) is 1.07. The molecule has 0 aliphatic carbocycles. The summed E-state index contributed by atoms with van der Waals surface area (Å²) in [5.41, 5.74) is 2.93. The smallest absolute Gasteiger partial charge is 0.254 e. The van der Waals surface area contributed by atoms with Crippen molar-refractivity contribution in [3.05, 3.63) is 81.9 Å². The maximum atomic E-state index is 12.8. The van der Waals surface area contributed by atoms with E-state index in [-0.39, 0.29) is 17.9 Å². The van der Waals surface area contributed by atoms with Gasteiger partial charge >= 0.3 is 0 Å². The van der Waals surface area contributed by atoms with Gasteiger partial charge in [-0.3, -0.25) is 4.79 Å². The van der Waals surface area contributed by atoms with Crippen molar-refractivity contribution in [2.75, 3.05) is 6.54 Å². The molecule has 1 amide bonds. The highest BCUT2D eigenvalue weighted by Crippen LogP contribution is 2.45. The molecular weight excluding hydrogens is 341 g/mol. The number of allylic oxidation sites excluding steroid dienone is 1. The van der Waals surface area contributed by atoms with Crippen LogP contribution in [-0.4, -0.2) is 17.4 Å². The zero-order valence-electron chi connectivity index (χ0n) is 13.5. The fourth-order valence-electron chi connectivity index (χ4n) is 3.54. The van der Waals surface area contributed by atoms with Gasteiger partial charge in [0.15, 0.2) is 0 Å². The molecule has 0 fully saturated rings. The number of amides is 1. The molecule has 0 aromatic heterocycles. The Morgan fingerprint density at radius 2 is 1.96 bits per heavy atom. The second-order valence-corrected chi connectivity index (χ2v) is 6.74. The Hall–Kier alpha value is -1.77. The van der Waals surface area contributed by atoms with Crippen LogP contribution < -0.4 is 0 Å². The van der Waals surface area contributed by atoms with Crippen molar-refractivity contribution in [3.63, 3.8) is 0 Å². The van der Waals surface area contributed by atoms with Crippen molar-refractivity contribution in [2.45, 2.75) is 25.3 Å². The fraction of sp³-hybridized carbons (Fsp3) is 0.250. The van der Waals surface area contributed by atoms with Gasteiger partial charge in [-0.05, 0) is 42.7 Å². The minimum absolute atomic E-state index is 0.0195. The van der Waals surface area contributed by atoms with E-state index in [1.165, 1.54) is 0 Å². The summed E-state index contributed by atoms with van der Waals surface area (Å²) in [6.07, 6.45) is 2.65. The van der Waals surface area contributed by atoms with Crippen molar-refractivity contribution < 1.29 is 4.79 Å². The van der Waals surface area contributed by atoms with Crippen LogP contribution in [0.1, 0.15) is 46.8 Å². The topological polar surface area (TPSA) is 20.3 Å². The molecule has 1 aliphatic rings. The second kappa shape index (κ2) is 7.00. The maximum absolute atomic E-state index is 12.8. The summed E-state index contributed by atoms with van der Waals surface area (Å²) in [5.74, 6) is 0.178. The number of hydrogen-bond donors (Lipinski definition) is 0. The standard InChI is InChI=1S/C20H19Cl2NO/c1-3-7-14(13-10-11-17(21)18(22)12-13)19-15-8-5-6-9-16(15)20(24)23(19)4-2/h3,5-6,8-12,14,19H,1,4,7H2,2H3/t14-,19+/m0/s1. The first-order valence-corrected chi connectivity index (χ1v) is 8.79. The highest BCUT2D eigenvalue weighted by molar-refractivity contribution is 6.42. The highest BCUT2D eigenvalue weighted by atomic mass is 35.5. The van der Waals surface area contributed by atoms with Gasteiger partial charge in [-0.15, -0.1) is 6.58 Å². The van der Waals surface area contributed by atoms with Gasteiger partial charge in [-0.2, -0.15) is 0 Å². The van der Waals surface area contributed by atoms with E-state index >= 15 is 0 Å². The van der Waals surface area contributed by atoms with E-state index in [1.807, 2.05) is 60.4 Å². The number of fused-ring (bicyclic) bond motifs is 1. The van der Waals surface area contributed by atoms with E-state index in [4.69, 9.17) is 23.2 Å². The molecule has 0 bridgehead atoms. The van der Waals surface area contributed by atoms with Gasteiger partial charge in [0.2, 0.25) is 0 Å². The van der Waals surface area contributed by atoms with Gasteiger partial charge in [-0.25, -0.2) is 0 Å². The Morgan fingerprint density at radius 3 is 2.62 bits per heavy atom. The van der Waals surface area contributed by atoms with Crippen LogP contribution in [0.4, 0.5) is 0 Å². The molecule has 1 aliphatic heterocycles. The van der Waals surface area contributed by atoms with E-state index in [0.717, 1.165) is 23.1 Å². The van der Waals surface area contributed by atoms with Crippen molar-refractivity contribution >= 4 is 29.1 Å². The Labute approximate surface area is 152 Å². The molecule has 1 heterocycles. The lowest BCUT2D eigenvalue weighted by Gasteiger charge is -2.31. The van der Waals surface area contributed by atoms with Crippen molar-refractivity contribution in [2.24, 2.45) is 0 Å². The van der Waals surface area contributed by atoms with Crippen LogP contribution in [0.3, 0.4) is 0 Å². The number of rotatable bonds is 5. The predicted octanol–water partition coefficient (Wildman–Crippen LogP) is 5.87. The first-order chi connectivity index (χ1) is 11.6. The zero-order chi connectivity index (χ0) is 17.3. The van der Waals surface area contributed by atoms with Crippen molar-refractivity contribution in [3.8, 4) is 0 Å². The Kier molecular flexibility index (Phi) is 4.98. The SMILES string of the molecule is C=CC[C@@H](c1ccc(Cl)c(Cl)c1)[C@@H]1c2ccccc2C(=O)N1CC. The van der Waals surface area contributed by atoms with Crippen LogP contribution in [-0.2, 0) is 0 Å². The highest BCUT2D eigenvalue weighted by Gasteiger charge is 2.40. The van der Waals surface area contributed by atoms with Crippen LogP contribution in [0.5, 0.6) is 0 Å². The third-order valence-corrected chi connectivity index (χ3v) is 5.36. The molecule has 0 spiro atoms. The lowest BCUT2D eigenvalue weighted by Crippen LogP contribution is -2.31. The molecule has 3 rings (SSSR count). The molecule has 0 unspecified atom stereocenters.